The average molecular weight is 489 g/mol. The van der Waals surface area contributed by atoms with E-state index in [1.54, 1.807) is 6.92 Å². The minimum Gasteiger partial charge on any atom is -0.461 e. The predicted molar refractivity (Wildman–Crippen MR) is 140 cm³/mol. The van der Waals surface area contributed by atoms with Crippen LogP contribution >= 0.6 is 11.3 Å². The van der Waals surface area contributed by atoms with Crippen LogP contribution in [0.5, 0.6) is 0 Å². The Morgan fingerprint density at radius 1 is 1.09 bits per heavy atom. The Hall–Kier alpha value is -3.65. The van der Waals surface area contributed by atoms with Gasteiger partial charge in [-0.25, -0.2) is 4.98 Å². The van der Waals surface area contributed by atoms with Gasteiger partial charge < -0.3 is 20.4 Å². The number of fused-ring (bicyclic) bond motifs is 1. The van der Waals surface area contributed by atoms with Gasteiger partial charge in [0, 0.05) is 29.7 Å². The van der Waals surface area contributed by atoms with Crippen molar-refractivity contribution in [1.29, 1.82) is 0 Å². The van der Waals surface area contributed by atoms with E-state index in [1.807, 2.05) is 56.0 Å². The zero-order valence-electron chi connectivity index (χ0n) is 20.3. The van der Waals surface area contributed by atoms with Crippen LogP contribution in [0.3, 0.4) is 0 Å². The maximum atomic E-state index is 13.7. The number of carbonyl (C=O) groups excluding carboxylic acids is 2. The van der Waals surface area contributed by atoms with E-state index in [-0.39, 0.29) is 11.8 Å². The number of nitrogens with one attached hydrogen (secondary N) is 1. The van der Waals surface area contributed by atoms with Gasteiger partial charge in [-0.05, 0) is 64.3 Å². The monoisotopic (exact) mass is 488 g/mol. The number of likely N-dealkylation sites (tertiary alicyclic amines) is 1. The highest BCUT2D eigenvalue weighted by Gasteiger charge is 2.30. The second-order valence-electron chi connectivity index (χ2n) is 9.15. The second-order valence-corrected chi connectivity index (χ2v) is 10.2. The van der Waals surface area contributed by atoms with Gasteiger partial charge >= 0.3 is 0 Å². The highest BCUT2D eigenvalue weighted by molar-refractivity contribution is 7.21. The number of amides is 2. The van der Waals surface area contributed by atoms with E-state index in [0.29, 0.717) is 49.1 Å². The van der Waals surface area contributed by atoms with Crippen molar-refractivity contribution < 1.29 is 14.0 Å². The van der Waals surface area contributed by atoms with Crippen molar-refractivity contribution >= 4 is 44.7 Å². The molecule has 180 valence electrons. The molecule has 3 aromatic heterocycles. The molecule has 4 heterocycles. The normalized spacial score (nSPS) is 13.5. The Labute approximate surface area is 207 Å². The fourth-order valence-electron chi connectivity index (χ4n) is 4.72. The van der Waals surface area contributed by atoms with Gasteiger partial charge in [0.2, 0.25) is 0 Å². The molecule has 1 aromatic carbocycles. The van der Waals surface area contributed by atoms with Crippen molar-refractivity contribution in [3.8, 4) is 11.3 Å². The summed E-state index contributed by atoms with van der Waals surface area (Å²) >= 11 is 1.28. The van der Waals surface area contributed by atoms with E-state index in [4.69, 9.17) is 15.1 Å². The number of carbonyl (C=O) groups is 2. The Bertz CT molecular complexity index is 1480. The van der Waals surface area contributed by atoms with Gasteiger partial charge in [0.1, 0.15) is 21.2 Å². The van der Waals surface area contributed by atoms with Gasteiger partial charge in [-0.1, -0.05) is 17.7 Å². The third-order valence-electron chi connectivity index (χ3n) is 6.49. The number of aromatic nitrogens is 1. The molecule has 1 fully saturated rings. The van der Waals surface area contributed by atoms with Crippen molar-refractivity contribution in [2.75, 3.05) is 24.1 Å². The predicted octanol–water partition coefficient (Wildman–Crippen LogP) is 5.86. The first-order valence-corrected chi connectivity index (χ1v) is 12.5. The van der Waals surface area contributed by atoms with Crippen LogP contribution in [-0.4, -0.2) is 34.8 Å². The number of hydrogen-bond acceptors (Lipinski definition) is 6. The first kappa shape index (κ1) is 23.1. The summed E-state index contributed by atoms with van der Waals surface area (Å²) in [7, 11) is 0. The standard InChI is InChI=1S/C27H28N4O3S/c1-14-7-9-18(15(2)13-14)30-25(32)20-17(4)29-26-22(21(20)19-10-8-16(3)34-19)23(28)24(35-26)27(33)31-11-5-6-12-31/h7-10,13H,5-6,11-12,28H2,1-4H3,(H,30,32). The molecule has 1 aliphatic rings. The summed E-state index contributed by atoms with van der Waals surface area (Å²) in [6.45, 7) is 9.08. The van der Waals surface area contributed by atoms with Gasteiger partial charge in [0.05, 0.1) is 16.9 Å². The summed E-state index contributed by atoms with van der Waals surface area (Å²) in [6, 6.07) is 9.55. The molecule has 0 aliphatic carbocycles. The van der Waals surface area contributed by atoms with Gasteiger partial charge in [0.25, 0.3) is 11.8 Å². The summed E-state index contributed by atoms with van der Waals surface area (Å²) in [6.07, 6.45) is 1.99. The average Bonchev–Trinajstić information content (AvgIpc) is 3.55. The molecule has 8 heteroatoms. The molecular weight excluding hydrogens is 460 g/mol. The number of anilines is 2. The summed E-state index contributed by atoms with van der Waals surface area (Å²) in [5.74, 6) is 0.855. The third kappa shape index (κ3) is 4.08. The highest BCUT2D eigenvalue weighted by atomic mass is 32.1. The largest absolute Gasteiger partial charge is 0.461 e. The Kier molecular flexibility index (Phi) is 5.84. The molecule has 2 amide bonds. The second kappa shape index (κ2) is 8.85. The van der Waals surface area contributed by atoms with Gasteiger partial charge in [0.15, 0.2) is 0 Å². The summed E-state index contributed by atoms with van der Waals surface area (Å²) < 4.78 is 5.98. The Morgan fingerprint density at radius 3 is 2.49 bits per heavy atom. The van der Waals surface area contributed by atoms with Crippen LogP contribution in [-0.2, 0) is 0 Å². The van der Waals surface area contributed by atoms with Crippen LogP contribution < -0.4 is 11.1 Å². The zero-order valence-corrected chi connectivity index (χ0v) is 21.1. The fourth-order valence-corrected chi connectivity index (χ4v) is 5.84. The highest BCUT2D eigenvalue weighted by Crippen LogP contribution is 2.43. The fraction of sp³-hybridized carbons (Fsp3) is 0.296. The number of hydrogen-bond donors (Lipinski definition) is 2. The Balaban J connectivity index is 1.69. The van der Waals surface area contributed by atoms with Crippen molar-refractivity contribution in [2.45, 2.75) is 40.5 Å². The molecule has 0 spiro atoms. The van der Waals surface area contributed by atoms with Crippen LogP contribution in [0.1, 0.15) is 55.5 Å². The number of pyridine rings is 1. The molecule has 1 saturated heterocycles. The van der Waals surface area contributed by atoms with Crippen LogP contribution in [0.15, 0.2) is 34.7 Å². The maximum absolute atomic E-state index is 13.7. The summed E-state index contributed by atoms with van der Waals surface area (Å²) in [4.78, 5) is 34.5. The molecule has 0 unspecified atom stereocenters. The van der Waals surface area contributed by atoms with Gasteiger partial charge in [-0.15, -0.1) is 11.3 Å². The summed E-state index contributed by atoms with van der Waals surface area (Å²) in [5, 5.41) is 3.62. The molecule has 4 aromatic rings. The van der Waals surface area contributed by atoms with Crippen molar-refractivity contribution in [2.24, 2.45) is 0 Å². The molecule has 3 N–H and O–H groups in total. The minimum atomic E-state index is -0.300. The van der Waals surface area contributed by atoms with Crippen LogP contribution in [0.4, 0.5) is 11.4 Å². The Morgan fingerprint density at radius 2 is 1.83 bits per heavy atom. The number of thiophene rings is 1. The van der Waals surface area contributed by atoms with Crippen LogP contribution in [0.2, 0.25) is 0 Å². The lowest BCUT2D eigenvalue weighted by Crippen LogP contribution is -2.27. The van der Waals surface area contributed by atoms with Crippen molar-refractivity contribution in [3.63, 3.8) is 0 Å². The number of furan rings is 1. The number of aryl methyl sites for hydroxylation is 4. The van der Waals surface area contributed by atoms with E-state index in [1.165, 1.54) is 11.3 Å². The first-order chi connectivity index (χ1) is 16.7. The van der Waals surface area contributed by atoms with E-state index in [9.17, 15) is 9.59 Å². The van der Waals surface area contributed by atoms with E-state index in [0.717, 1.165) is 42.7 Å². The van der Waals surface area contributed by atoms with Gasteiger partial charge in [-0.2, -0.15) is 0 Å². The first-order valence-electron chi connectivity index (χ1n) is 11.7. The molecule has 0 saturated carbocycles. The number of nitrogens with zero attached hydrogens (tertiary/aromatic N) is 2. The van der Waals surface area contributed by atoms with E-state index >= 15 is 0 Å². The number of rotatable bonds is 4. The molecule has 0 bridgehead atoms. The lowest BCUT2D eigenvalue weighted by Gasteiger charge is -2.15. The van der Waals surface area contributed by atoms with E-state index in [2.05, 4.69) is 5.32 Å². The number of nitrogen functional groups attached to an aromatic ring is 1. The molecule has 0 radical (unpaired) electrons. The lowest BCUT2D eigenvalue weighted by atomic mass is 9.99. The van der Waals surface area contributed by atoms with Gasteiger partial charge in [-0.3, -0.25) is 9.59 Å². The third-order valence-corrected chi connectivity index (χ3v) is 7.58. The van der Waals surface area contributed by atoms with E-state index < -0.39 is 0 Å². The molecule has 7 nitrogen and oxygen atoms in total. The zero-order chi connectivity index (χ0) is 24.9. The topological polar surface area (TPSA) is 101 Å². The SMILES string of the molecule is Cc1ccc(NC(=O)c2c(C)nc3sc(C(=O)N4CCCC4)c(N)c3c2-c2ccc(C)o2)c(C)c1. The molecule has 0 atom stereocenters. The van der Waals surface area contributed by atoms with Crippen LogP contribution in [0.25, 0.3) is 21.5 Å². The smallest absolute Gasteiger partial charge is 0.266 e. The molecule has 5 rings (SSSR count). The lowest BCUT2D eigenvalue weighted by molar-refractivity contribution is 0.0798. The quantitative estimate of drug-likeness (QED) is 0.375. The minimum absolute atomic E-state index is 0.0801. The van der Waals surface area contributed by atoms with Crippen molar-refractivity contribution in [3.05, 3.63) is 63.4 Å². The van der Waals surface area contributed by atoms with Crippen LogP contribution in [0, 0.1) is 27.7 Å². The van der Waals surface area contributed by atoms with Crippen molar-refractivity contribution in [1.82, 2.24) is 9.88 Å². The summed E-state index contributed by atoms with van der Waals surface area (Å²) in [5.41, 5.74) is 11.3. The maximum Gasteiger partial charge on any atom is 0.266 e. The molecule has 35 heavy (non-hydrogen) atoms. The molecule has 1 aliphatic heterocycles. The number of benzene rings is 1. The molecular formula is C27H28N4O3S. The number of nitrogens with two attached hydrogens (primary N) is 1.